The minimum absolute atomic E-state index is 0.0533. The van der Waals surface area contributed by atoms with Gasteiger partial charge in [0, 0.05) is 6.54 Å². The van der Waals surface area contributed by atoms with Gasteiger partial charge in [0.15, 0.2) is 0 Å². The summed E-state index contributed by atoms with van der Waals surface area (Å²) in [6, 6.07) is 16.1. The first-order valence-corrected chi connectivity index (χ1v) is 13.5. The van der Waals surface area contributed by atoms with Crippen LogP contribution in [-0.2, 0) is 26.2 Å². The maximum atomic E-state index is 13.4. The third kappa shape index (κ3) is 10.4. The minimum atomic E-state index is -1.19. The number of carbonyl (C=O) groups excluding carboxylic acids is 1. The predicted octanol–water partition coefficient (Wildman–Crippen LogP) is 4.31. The Labute approximate surface area is 234 Å². The van der Waals surface area contributed by atoms with Crippen LogP contribution >= 0.6 is 0 Å². The van der Waals surface area contributed by atoms with Gasteiger partial charge in [0.1, 0.15) is 18.2 Å². The highest BCUT2D eigenvalue weighted by atomic mass is 19.1. The number of halogens is 1. The maximum absolute atomic E-state index is 13.4. The molecule has 218 valence electrons. The summed E-state index contributed by atoms with van der Waals surface area (Å²) in [6.45, 7) is 7.42. The van der Waals surface area contributed by atoms with Crippen LogP contribution in [0.1, 0.15) is 51.2 Å². The quantitative estimate of drug-likeness (QED) is 0.113. The minimum Gasteiger partial charge on any atom is -0.455 e. The lowest BCUT2D eigenvalue weighted by Crippen LogP contribution is -2.41. The van der Waals surface area contributed by atoms with E-state index in [1.807, 2.05) is 32.9 Å². The lowest BCUT2D eigenvalue weighted by atomic mass is 9.70. The van der Waals surface area contributed by atoms with Crippen molar-refractivity contribution in [2.45, 2.75) is 58.2 Å². The van der Waals surface area contributed by atoms with Gasteiger partial charge in [-0.05, 0) is 80.1 Å². The molecule has 2 N–H and O–H groups in total. The molecule has 40 heavy (non-hydrogen) atoms. The Hall–Kier alpha value is -3.75. The van der Waals surface area contributed by atoms with Gasteiger partial charge in [0.25, 0.3) is 17.3 Å². The van der Waals surface area contributed by atoms with Crippen LogP contribution in [0.5, 0.6) is 5.75 Å². The van der Waals surface area contributed by atoms with Crippen LogP contribution < -0.4 is 15.4 Å². The number of ether oxygens (including phenoxy) is 2. The van der Waals surface area contributed by atoms with Gasteiger partial charge in [-0.1, -0.05) is 45.0 Å². The molecule has 0 saturated heterocycles. The summed E-state index contributed by atoms with van der Waals surface area (Å²) in [5.74, 6) is -0.319. The first kappa shape index (κ1) is 32.5. The van der Waals surface area contributed by atoms with E-state index >= 15 is 0 Å². The molecule has 0 aliphatic rings. The lowest BCUT2D eigenvalue weighted by Gasteiger charge is -2.31. The van der Waals surface area contributed by atoms with E-state index in [2.05, 4.69) is 21.5 Å². The molecule has 0 aliphatic heterocycles. The molecule has 1 amide bonds. The number of nitrogens with one attached hydrogen (secondary N) is 2. The van der Waals surface area contributed by atoms with Crippen LogP contribution in [-0.4, -0.2) is 50.1 Å². The second-order valence-corrected chi connectivity index (χ2v) is 9.66. The van der Waals surface area contributed by atoms with E-state index in [1.54, 1.807) is 24.3 Å². The second-order valence-electron chi connectivity index (χ2n) is 9.66. The van der Waals surface area contributed by atoms with Crippen molar-refractivity contribution in [2.75, 3.05) is 32.8 Å². The van der Waals surface area contributed by atoms with Gasteiger partial charge in [-0.3, -0.25) is 4.79 Å². The number of carbonyl (C=O) groups is 1. The summed E-state index contributed by atoms with van der Waals surface area (Å²) in [5, 5.41) is 25.2. The largest absolute Gasteiger partial charge is 0.455 e. The zero-order chi connectivity index (χ0) is 29.4. The molecule has 11 heteroatoms. The molecule has 0 saturated carbocycles. The third-order valence-electron chi connectivity index (χ3n) is 6.51. The Kier molecular flexibility index (Phi) is 13.8. The first-order valence-electron chi connectivity index (χ1n) is 13.5. The van der Waals surface area contributed by atoms with Crippen LogP contribution in [0.15, 0.2) is 48.5 Å². The summed E-state index contributed by atoms with van der Waals surface area (Å²) in [4.78, 5) is 26.8. The topological polar surface area (TPSA) is 136 Å². The van der Waals surface area contributed by atoms with Crippen LogP contribution in [0.3, 0.4) is 0 Å². The van der Waals surface area contributed by atoms with Crippen LogP contribution in [0.2, 0.25) is 0 Å². The van der Waals surface area contributed by atoms with Crippen molar-refractivity contribution in [1.82, 2.24) is 10.6 Å². The van der Waals surface area contributed by atoms with Gasteiger partial charge in [-0.2, -0.15) is 5.26 Å². The molecule has 0 spiro atoms. The highest BCUT2D eigenvalue weighted by molar-refractivity contribution is 5.79. The maximum Gasteiger partial charge on any atom is 0.294 e. The summed E-state index contributed by atoms with van der Waals surface area (Å²) >= 11 is 0. The third-order valence-corrected chi connectivity index (χ3v) is 6.51. The predicted molar refractivity (Wildman–Crippen MR) is 147 cm³/mol. The van der Waals surface area contributed by atoms with E-state index in [1.165, 1.54) is 12.1 Å². The fraction of sp³-hybridized carbons (Fsp3) is 0.517. The second kappa shape index (κ2) is 17.0. The highest BCUT2D eigenvalue weighted by Crippen LogP contribution is 2.36. The van der Waals surface area contributed by atoms with E-state index < -0.39 is 22.7 Å². The molecule has 0 fully saturated rings. The van der Waals surface area contributed by atoms with Crippen LogP contribution in [0.4, 0.5) is 4.39 Å². The van der Waals surface area contributed by atoms with Crippen LogP contribution in [0.25, 0.3) is 0 Å². The number of hydrogen-bond donors (Lipinski definition) is 2. The molecule has 0 radical (unpaired) electrons. The highest BCUT2D eigenvalue weighted by Gasteiger charge is 2.35. The Morgan fingerprint density at radius 2 is 1.80 bits per heavy atom. The van der Waals surface area contributed by atoms with E-state index in [-0.39, 0.29) is 24.9 Å². The van der Waals surface area contributed by atoms with Gasteiger partial charge in [0.05, 0.1) is 18.1 Å². The summed E-state index contributed by atoms with van der Waals surface area (Å²) < 4.78 is 24.6. The first-order chi connectivity index (χ1) is 19.2. The molecule has 2 unspecified atom stereocenters. The van der Waals surface area contributed by atoms with Gasteiger partial charge >= 0.3 is 0 Å². The van der Waals surface area contributed by atoms with Crippen molar-refractivity contribution >= 4 is 5.91 Å². The monoisotopic (exact) mass is 558 g/mol. The molecule has 2 atom stereocenters. The van der Waals surface area contributed by atoms with E-state index in [9.17, 15) is 24.6 Å². The Bertz CT molecular complexity index is 1090. The van der Waals surface area contributed by atoms with Crippen molar-refractivity contribution in [3.05, 3.63) is 75.6 Å². The number of nitriles is 1. The molecule has 2 aromatic carbocycles. The molecular weight excluding hydrogens is 519 g/mol. The zero-order valence-corrected chi connectivity index (χ0v) is 23.4. The average Bonchev–Trinajstić information content (AvgIpc) is 2.94. The Morgan fingerprint density at radius 1 is 1.10 bits per heavy atom. The SMILES string of the molecule is CCCOC(Oc1ccc(CCNCCCC(C#N)(c2ccc(F)cc2)C(C)C)cc1)C(=O)NCCO[N+](=O)[O-]. The number of hydrogen-bond acceptors (Lipinski definition) is 8. The average molecular weight is 559 g/mol. The lowest BCUT2D eigenvalue weighted by molar-refractivity contribution is -0.757. The fourth-order valence-corrected chi connectivity index (χ4v) is 4.24. The van der Waals surface area contributed by atoms with Crippen molar-refractivity contribution in [3.8, 4) is 11.8 Å². The molecule has 0 aromatic heterocycles. The smallest absolute Gasteiger partial charge is 0.294 e. The molecule has 0 heterocycles. The van der Waals surface area contributed by atoms with Gasteiger partial charge in [-0.15, -0.1) is 10.1 Å². The van der Waals surface area contributed by atoms with Crippen molar-refractivity contribution in [3.63, 3.8) is 0 Å². The standard InChI is InChI=1S/C29H39FN4O6/c1-4-19-38-28(27(35)33-18-20-39-34(36)37)40-26-12-6-23(7-13-26)14-17-32-16-5-15-29(21-31,22(2)3)24-8-10-25(30)11-9-24/h6-13,22,28,32H,4-5,14-20H2,1-3H3,(H,33,35). The van der Waals surface area contributed by atoms with Crippen LogP contribution in [0, 0.1) is 33.2 Å². The summed E-state index contributed by atoms with van der Waals surface area (Å²) in [7, 11) is 0. The number of nitrogens with zero attached hydrogens (tertiary/aromatic N) is 2. The van der Waals surface area contributed by atoms with Gasteiger partial charge in [0.2, 0.25) is 0 Å². The summed E-state index contributed by atoms with van der Waals surface area (Å²) in [5.41, 5.74) is 1.26. The molecule has 10 nitrogen and oxygen atoms in total. The molecule has 0 bridgehead atoms. The summed E-state index contributed by atoms with van der Waals surface area (Å²) in [6.07, 6.45) is 1.74. The number of benzene rings is 2. The van der Waals surface area contributed by atoms with E-state index in [0.717, 1.165) is 37.1 Å². The normalized spacial score (nSPS) is 13.2. The molecule has 0 aliphatic carbocycles. The molecular formula is C29H39FN4O6. The van der Waals surface area contributed by atoms with Gasteiger partial charge in [-0.25, -0.2) is 4.39 Å². The Morgan fingerprint density at radius 3 is 2.40 bits per heavy atom. The van der Waals surface area contributed by atoms with Crippen molar-refractivity contribution < 1.29 is 28.6 Å². The van der Waals surface area contributed by atoms with E-state index in [4.69, 9.17) is 9.47 Å². The van der Waals surface area contributed by atoms with Crippen molar-refractivity contribution in [2.24, 2.45) is 5.92 Å². The molecule has 2 aromatic rings. The fourth-order valence-electron chi connectivity index (χ4n) is 4.24. The molecule has 2 rings (SSSR count). The number of rotatable bonds is 19. The van der Waals surface area contributed by atoms with E-state index in [0.29, 0.717) is 25.2 Å². The van der Waals surface area contributed by atoms with Crippen molar-refractivity contribution in [1.29, 1.82) is 5.26 Å². The Balaban J connectivity index is 1.80. The number of amides is 1. The van der Waals surface area contributed by atoms with Gasteiger partial charge < -0.3 is 24.9 Å². The zero-order valence-electron chi connectivity index (χ0n) is 23.4.